The average Bonchev–Trinajstić information content (AvgIpc) is 2.49. The SMILES string of the molecule is CCN1[C]N2C(C)=CC=CC2=N1. The number of hydrazone groups is 1. The van der Waals surface area contributed by atoms with Gasteiger partial charge in [0.25, 0.3) is 0 Å². The van der Waals surface area contributed by atoms with Crippen LogP contribution in [0.15, 0.2) is 29.0 Å². The quantitative estimate of drug-likeness (QED) is 0.579. The summed E-state index contributed by atoms with van der Waals surface area (Å²) in [5.74, 6) is 0.955. The average molecular weight is 161 g/mol. The van der Waals surface area contributed by atoms with Gasteiger partial charge in [-0.2, -0.15) is 5.10 Å². The number of amidine groups is 1. The summed E-state index contributed by atoms with van der Waals surface area (Å²) in [7, 11) is 0. The summed E-state index contributed by atoms with van der Waals surface area (Å²) in [5.41, 5.74) is 1.16. The lowest BCUT2D eigenvalue weighted by Gasteiger charge is -2.19. The van der Waals surface area contributed by atoms with Crippen LogP contribution in [0.1, 0.15) is 13.8 Å². The number of fused-ring (bicyclic) bond motifs is 1. The maximum absolute atomic E-state index is 4.32. The van der Waals surface area contributed by atoms with Crippen LogP contribution in [0.2, 0.25) is 0 Å². The van der Waals surface area contributed by atoms with E-state index < -0.39 is 0 Å². The molecule has 0 spiro atoms. The van der Waals surface area contributed by atoms with Crippen LogP contribution in [0.5, 0.6) is 0 Å². The maximum Gasteiger partial charge on any atom is 0.232 e. The minimum absolute atomic E-state index is 0.862. The van der Waals surface area contributed by atoms with Gasteiger partial charge in [-0.1, -0.05) is 6.08 Å². The highest BCUT2D eigenvalue weighted by Crippen LogP contribution is 2.21. The molecule has 0 atom stereocenters. The number of allylic oxidation sites excluding steroid dienone is 3. The summed E-state index contributed by atoms with van der Waals surface area (Å²) in [6.45, 7) is 8.10. The molecule has 0 bridgehead atoms. The van der Waals surface area contributed by atoms with Crippen molar-refractivity contribution in [2.75, 3.05) is 6.54 Å². The van der Waals surface area contributed by atoms with E-state index in [9.17, 15) is 0 Å². The van der Waals surface area contributed by atoms with Crippen molar-refractivity contribution in [3.63, 3.8) is 0 Å². The van der Waals surface area contributed by atoms with Crippen molar-refractivity contribution in [3.05, 3.63) is 30.6 Å². The van der Waals surface area contributed by atoms with E-state index in [0.717, 1.165) is 18.1 Å². The van der Waals surface area contributed by atoms with Gasteiger partial charge in [-0.25, -0.2) is 0 Å². The first-order valence-electron chi connectivity index (χ1n) is 4.09. The predicted molar refractivity (Wildman–Crippen MR) is 47.8 cm³/mol. The Morgan fingerprint density at radius 1 is 1.58 bits per heavy atom. The van der Waals surface area contributed by atoms with Gasteiger partial charge in [0.1, 0.15) is 0 Å². The summed E-state index contributed by atoms with van der Waals surface area (Å²) < 4.78 is 0. The van der Waals surface area contributed by atoms with Crippen molar-refractivity contribution in [2.24, 2.45) is 5.10 Å². The Morgan fingerprint density at radius 2 is 2.42 bits per heavy atom. The highest BCUT2D eigenvalue weighted by molar-refractivity contribution is 5.96. The van der Waals surface area contributed by atoms with Crippen LogP contribution >= 0.6 is 0 Å². The molecule has 0 aromatic rings. The van der Waals surface area contributed by atoms with Crippen molar-refractivity contribution in [1.29, 1.82) is 0 Å². The van der Waals surface area contributed by atoms with Crippen molar-refractivity contribution < 1.29 is 0 Å². The zero-order valence-electron chi connectivity index (χ0n) is 7.28. The number of nitrogens with zero attached hydrogens (tertiary/aromatic N) is 3. The lowest BCUT2D eigenvalue weighted by Crippen LogP contribution is -2.24. The fourth-order valence-electron chi connectivity index (χ4n) is 1.21. The molecule has 2 heterocycles. The Bertz CT molecular complexity index is 275. The van der Waals surface area contributed by atoms with Gasteiger partial charge in [0.15, 0.2) is 5.84 Å². The Morgan fingerprint density at radius 3 is 3.08 bits per heavy atom. The maximum atomic E-state index is 4.32. The molecule has 0 N–H and O–H groups in total. The van der Waals surface area contributed by atoms with Gasteiger partial charge in [-0.05, 0) is 26.0 Å². The van der Waals surface area contributed by atoms with E-state index in [1.807, 2.05) is 35.1 Å². The van der Waals surface area contributed by atoms with Crippen molar-refractivity contribution >= 4 is 5.84 Å². The number of hydrogen-bond donors (Lipinski definition) is 0. The first-order valence-corrected chi connectivity index (χ1v) is 4.09. The highest BCUT2D eigenvalue weighted by Gasteiger charge is 2.24. The molecule has 0 aromatic heterocycles. The second-order valence-electron chi connectivity index (χ2n) is 2.78. The molecule has 0 saturated heterocycles. The van der Waals surface area contributed by atoms with E-state index in [-0.39, 0.29) is 0 Å². The molecule has 3 heteroatoms. The molecule has 3 nitrogen and oxygen atoms in total. The van der Waals surface area contributed by atoms with Gasteiger partial charge in [0.2, 0.25) is 6.67 Å². The fraction of sp³-hybridized carbons (Fsp3) is 0.333. The van der Waals surface area contributed by atoms with Crippen LogP contribution in [-0.2, 0) is 0 Å². The second kappa shape index (κ2) is 2.66. The first kappa shape index (κ1) is 7.40. The molecule has 12 heavy (non-hydrogen) atoms. The van der Waals surface area contributed by atoms with Gasteiger partial charge in [-0.15, -0.1) is 0 Å². The smallest absolute Gasteiger partial charge is 0.232 e. The molecule has 2 radical (unpaired) electrons. The second-order valence-corrected chi connectivity index (χ2v) is 2.78. The van der Waals surface area contributed by atoms with E-state index in [4.69, 9.17) is 0 Å². The minimum Gasteiger partial charge on any atom is -0.296 e. The normalized spacial score (nSPS) is 20.8. The van der Waals surface area contributed by atoms with Crippen molar-refractivity contribution in [2.45, 2.75) is 13.8 Å². The molecule has 0 amide bonds. The lowest BCUT2D eigenvalue weighted by molar-refractivity contribution is 0.342. The van der Waals surface area contributed by atoms with E-state index >= 15 is 0 Å². The molecule has 2 aliphatic rings. The Balaban J connectivity index is 2.24. The Labute approximate surface area is 72.7 Å². The topological polar surface area (TPSA) is 18.8 Å². The number of rotatable bonds is 1. The van der Waals surface area contributed by atoms with Gasteiger partial charge in [0.05, 0.1) is 0 Å². The predicted octanol–water partition coefficient (Wildman–Crippen LogP) is 1.41. The van der Waals surface area contributed by atoms with E-state index in [1.54, 1.807) is 0 Å². The summed E-state index contributed by atoms with van der Waals surface area (Å²) >= 11 is 0. The third kappa shape index (κ3) is 1.02. The van der Waals surface area contributed by atoms with Crippen LogP contribution in [-0.4, -0.2) is 22.3 Å². The monoisotopic (exact) mass is 161 g/mol. The molecular weight excluding hydrogens is 150 g/mol. The van der Waals surface area contributed by atoms with Crippen LogP contribution < -0.4 is 0 Å². The zero-order chi connectivity index (χ0) is 8.55. The van der Waals surface area contributed by atoms with Gasteiger partial charge in [-0.3, -0.25) is 9.91 Å². The van der Waals surface area contributed by atoms with E-state index in [2.05, 4.69) is 18.7 Å². The standard InChI is InChI=1S/C9H11N3/c1-3-11-7-12-8(2)5-4-6-9(12)10-11/h4-6H,3H2,1-2H3. The van der Waals surface area contributed by atoms with Crippen LogP contribution in [0, 0.1) is 6.67 Å². The molecule has 0 saturated carbocycles. The van der Waals surface area contributed by atoms with Crippen LogP contribution in [0.3, 0.4) is 0 Å². The Kier molecular flexibility index (Phi) is 1.64. The summed E-state index contributed by atoms with van der Waals surface area (Å²) in [6, 6.07) is 0. The number of hydrogen-bond acceptors (Lipinski definition) is 3. The molecule has 62 valence electrons. The molecular formula is C9H11N3. The zero-order valence-corrected chi connectivity index (χ0v) is 7.28. The first-order chi connectivity index (χ1) is 5.81. The molecule has 0 fully saturated rings. The van der Waals surface area contributed by atoms with Crippen LogP contribution in [0.25, 0.3) is 0 Å². The van der Waals surface area contributed by atoms with Gasteiger partial charge < -0.3 is 0 Å². The van der Waals surface area contributed by atoms with Gasteiger partial charge >= 0.3 is 0 Å². The lowest BCUT2D eigenvalue weighted by atomic mass is 10.2. The molecule has 0 aliphatic carbocycles. The summed E-state index contributed by atoms with van der Waals surface area (Å²) in [6.07, 6.45) is 6.03. The van der Waals surface area contributed by atoms with Crippen molar-refractivity contribution in [1.82, 2.24) is 9.91 Å². The highest BCUT2D eigenvalue weighted by atomic mass is 15.6. The summed E-state index contributed by atoms with van der Waals surface area (Å²) in [5, 5.41) is 6.12. The molecule has 0 unspecified atom stereocenters. The molecule has 2 aliphatic heterocycles. The largest absolute Gasteiger partial charge is 0.296 e. The molecule has 0 aromatic carbocycles. The van der Waals surface area contributed by atoms with Crippen LogP contribution in [0.4, 0.5) is 0 Å². The minimum atomic E-state index is 0.862. The van der Waals surface area contributed by atoms with Crippen molar-refractivity contribution in [3.8, 4) is 0 Å². The van der Waals surface area contributed by atoms with E-state index in [1.165, 1.54) is 0 Å². The Hall–Kier alpha value is -1.25. The third-order valence-corrected chi connectivity index (χ3v) is 1.90. The molecule has 2 rings (SSSR count). The third-order valence-electron chi connectivity index (χ3n) is 1.90. The van der Waals surface area contributed by atoms with E-state index in [0.29, 0.717) is 0 Å². The fourth-order valence-corrected chi connectivity index (χ4v) is 1.21. The summed E-state index contributed by atoms with van der Waals surface area (Å²) in [4.78, 5) is 1.96. The van der Waals surface area contributed by atoms with Gasteiger partial charge in [0, 0.05) is 12.2 Å².